The largest absolute Gasteiger partial charge is 0.480 e. The summed E-state index contributed by atoms with van der Waals surface area (Å²) in [5.74, 6) is -1.26. The van der Waals surface area contributed by atoms with E-state index in [4.69, 9.17) is 9.84 Å². The van der Waals surface area contributed by atoms with Gasteiger partial charge in [-0.1, -0.05) is 6.07 Å². The predicted octanol–water partition coefficient (Wildman–Crippen LogP) is 0.868. The quantitative estimate of drug-likeness (QED) is 0.557. The molecule has 0 aliphatic rings. The van der Waals surface area contributed by atoms with Gasteiger partial charge < -0.3 is 25.8 Å². The first-order chi connectivity index (χ1) is 9.97. The number of rotatable bonds is 7. The molecule has 0 bridgehead atoms. The van der Waals surface area contributed by atoms with Crippen molar-refractivity contribution in [2.45, 2.75) is 6.92 Å². The number of carbonyl (C=O) groups excluding carboxylic acids is 2. The molecule has 8 nitrogen and oxygen atoms in total. The normalized spacial score (nSPS) is 9.76. The first-order valence-electron chi connectivity index (χ1n) is 6.19. The Morgan fingerprint density at radius 2 is 1.86 bits per heavy atom. The number of ether oxygens (including phenoxy) is 1. The van der Waals surface area contributed by atoms with Crippen LogP contribution in [0.2, 0.25) is 0 Å². The molecule has 0 radical (unpaired) electrons. The fourth-order valence-electron chi connectivity index (χ4n) is 1.45. The van der Waals surface area contributed by atoms with Crippen molar-refractivity contribution in [1.29, 1.82) is 0 Å². The molecule has 0 unspecified atom stereocenters. The van der Waals surface area contributed by atoms with Gasteiger partial charge in [0, 0.05) is 24.8 Å². The van der Waals surface area contributed by atoms with Gasteiger partial charge in [-0.3, -0.25) is 4.79 Å². The maximum Gasteiger partial charge on any atom is 0.329 e. The Morgan fingerprint density at radius 3 is 2.48 bits per heavy atom. The molecule has 21 heavy (non-hydrogen) atoms. The molecule has 1 aromatic carbocycles. The van der Waals surface area contributed by atoms with Crippen molar-refractivity contribution in [3.8, 4) is 0 Å². The number of urea groups is 1. The Bertz CT molecular complexity index is 518. The molecule has 1 rings (SSSR count). The molecular weight excluding hydrogens is 278 g/mol. The van der Waals surface area contributed by atoms with Crippen molar-refractivity contribution in [3.05, 3.63) is 24.3 Å². The van der Waals surface area contributed by atoms with E-state index in [0.717, 1.165) is 0 Å². The summed E-state index contributed by atoms with van der Waals surface area (Å²) in [7, 11) is 0. The third-order valence-electron chi connectivity index (χ3n) is 2.20. The minimum atomic E-state index is -1.06. The van der Waals surface area contributed by atoms with Crippen LogP contribution in [0.25, 0.3) is 0 Å². The number of carbonyl (C=O) groups is 3. The second kappa shape index (κ2) is 8.54. The van der Waals surface area contributed by atoms with Gasteiger partial charge in [0.05, 0.1) is 6.61 Å². The minimum Gasteiger partial charge on any atom is -0.480 e. The van der Waals surface area contributed by atoms with Gasteiger partial charge >= 0.3 is 12.0 Å². The Morgan fingerprint density at radius 1 is 1.19 bits per heavy atom. The highest BCUT2D eigenvalue weighted by molar-refractivity contribution is 5.92. The van der Waals surface area contributed by atoms with Crippen LogP contribution < -0.4 is 16.0 Å². The molecule has 0 saturated carbocycles. The summed E-state index contributed by atoms with van der Waals surface area (Å²) >= 11 is 0. The fraction of sp³-hybridized carbons (Fsp3) is 0.308. The summed E-state index contributed by atoms with van der Waals surface area (Å²) in [6.07, 6.45) is 0. The highest BCUT2D eigenvalue weighted by atomic mass is 16.5. The van der Waals surface area contributed by atoms with E-state index in [1.807, 2.05) is 0 Å². The van der Waals surface area contributed by atoms with E-state index in [9.17, 15) is 14.4 Å². The van der Waals surface area contributed by atoms with E-state index >= 15 is 0 Å². The molecule has 0 aliphatic carbocycles. The van der Waals surface area contributed by atoms with E-state index in [1.165, 1.54) is 6.92 Å². The number of anilines is 2. The van der Waals surface area contributed by atoms with Crippen LogP contribution in [0.1, 0.15) is 6.92 Å². The molecular formula is C13H17N3O5. The van der Waals surface area contributed by atoms with Crippen molar-refractivity contribution in [3.63, 3.8) is 0 Å². The molecule has 0 aliphatic heterocycles. The third-order valence-corrected chi connectivity index (χ3v) is 2.20. The number of aliphatic carboxylic acids is 1. The van der Waals surface area contributed by atoms with Crippen LogP contribution in [0.15, 0.2) is 24.3 Å². The minimum absolute atomic E-state index is 0.103. The smallest absolute Gasteiger partial charge is 0.329 e. The Labute approximate surface area is 121 Å². The van der Waals surface area contributed by atoms with Crippen molar-refractivity contribution in [2.24, 2.45) is 0 Å². The summed E-state index contributed by atoms with van der Waals surface area (Å²) in [4.78, 5) is 32.7. The first kappa shape index (κ1) is 16.4. The number of benzene rings is 1. The Hall–Kier alpha value is -2.61. The number of carboxylic acid groups (broad SMARTS) is 1. The van der Waals surface area contributed by atoms with Gasteiger partial charge in [-0.25, -0.2) is 9.59 Å². The lowest BCUT2D eigenvalue weighted by molar-refractivity contribution is -0.142. The average Bonchev–Trinajstić information content (AvgIpc) is 2.37. The number of nitrogens with one attached hydrogen (secondary N) is 3. The van der Waals surface area contributed by atoms with Gasteiger partial charge in [0.2, 0.25) is 5.91 Å². The van der Waals surface area contributed by atoms with Crippen molar-refractivity contribution in [2.75, 3.05) is 30.4 Å². The Balaban J connectivity index is 2.34. The molecule has 8 heteroatoms. The lowest BCUT2D eigenvalue weighted by Gasteiger charge is -2.09. The summed E-state index contributed by atoms with van der Waals surface area (Å²) in [5.41, 5.74) is 1.09. The second-order valence-corrected chi connectivity index (χ2v) is 4.09. The lowest BCUT2D eigenvalue weighted by Crippen LogP contribution is -2.32. The van der Waals surface area contributed by atoms with Crippen molar-refractivity contribution in [1.82, 2.24) is 5.32 Å². The maximum absolute atomic E-state index is 11.6. The average molecular weight is 295 g/mol. The van der Waals surface area contributed by atoms with Gasteiger partial charge in [-0.2, -0.15) is 0 Å². The van der Waals surface area contributed by atoms with Crippen LogP contribution >= 0.6 is 0 Å². The van der Waals surface area contributed by atoms with Gasteiger partial charge in [0.15, 0.2) is 0 Å². The van der Waals surface area contributed by atoms with Crippen LogP contribution in [-0.2, 0) is 14.3 Å². The van der Waals surface area contributed by atoms with Gasteiger partial charge in [0.1, 0.15) is 6.61 Å². The number of hydrogen-bond donors (Lipinski definition) is 4. The number of amides is 3. The summed E-state index contributed by atoms with van der Waals surface area (Å²) in [6.45, 7) is 1.28. The molecule has 1 aromatic rings. The summed E-state index contributed by atoms with van der Waals surface area (Å²) in [5, 5.41) is 16.0. The number of carboxylic acids is 1. The van der Waals surface area contributed by atoms with E-state index in [0.29, 0.717) is 11.4 Å². The molecule has 3 amide bonds. The van der Waals surface area contributed by atoms with Crippen LogP contribution in [-0.4, -0.2) is 42.8 Å². The van der Waals surface area contributed by atoms with Crippen molar-refractivity contribution >= 4 is 29.3 Å². The van der Waals surface area contributed by atoms with E-state index in [-0.39, 0.29) is 19.1 Å². The van der Waals surface area contributed by atoms with E-state index in [1.54, 1.807) is 24.3 Å². The molecule has 0 aromatic heterocycles. The molecule has 0 fully saturated rings. The zero-order valence-corrected chi connectivity index (χ0v) is 11.5. The topological polar surface area (TPSA) is 117 Å². The monoisotopic (exact) mass is 295 g/mol. The molecule has 0 atom stereocenters. The summed E-state index contributed by atoms with van der Waals surface area (Å²) in [6, 6.07) is 6.23. The second-order valence-electron chi connectivity index (χ2n) is 4.09. The SMILES string of the molecule is CC(=O)Nc1cccc(NC(=O)NCCOCC(=O)O)c1. The van der Waals surface area contributed by atoms with E-state index in [2.05, 4.69) is 16.0 Å². The molecule has 0 saturated heterocycles. The highest BCUT2D eigenvalue weighted by Crippen LogP contribution is 2.14. The number of hydrogen-bond acceptors (Lipinski definition) is 4. The van der Waals surface area contributed by atoms with Gasteiger partial charge in [0.25, 0.3) is 0 Å². The maximum atomic E-state index is 11.6. The Kier molecular flexibility index (Phi) is 6.69. The predicted molar refractivity (Wildman–Crippen MR) is 76.2 cm³/mol. The highest BCUT2D eigenvalue weighted by Gasteiger charge is 2.03. The van der Waals surface area contributed by atoms with Crippen LogP contribution in [0.4, 0.5) is 16.2 Å². The zero-order valence-electron chi connectivity index (χ0n) is 11.5. The molecule has 114 valence electrons. The molecule has 4 N–H and O–H groups in total. The fourth-order valence-corrected chi connectivity index (χ4v) is 1.45. The molecule has 0 heterocycles. The van der Waals surface area contributed by atoms with Crippen LogP contribution in [0.5, 0.6) is 0 Å². The van der Waals surface area contributed by atoms with Crippen molar-refractivity contribution < 1.29 is 24.2 Å². The van der Waals surface area contributed by atoms with Crippen LogP contribution in [0.3, 0.4) is 0 Å². The van der Waals surface area contributed by atoms with Gasteiger partial charge in [-0.15, -0.1) is 0 Å². The first-order valence-corrected chi connectivity index (χ1v) is 6.19. The van der Waals surface area contributed by atoms with Crippen LogP contribution in [0, 0.1) is 0 Å². The van der Waals surface area contributed by atoms with E-state index < -0.39 is 18.6 Å². The zero-order chi connectivity index (χ0) is 15.7. The summed E-state index contributed by atoms with van der Waals surface area (Å²) < 4.78 is 4.77. The third kappa shape index (κ3) is 7.53. The standard InChI is InChI=1S/C13H17N3O5/c1-9(17)15-10-3-2-4-11(7-10)16-13(20)14-5-6-21-8-12(18)19/h2-4,7H,5-6,8H2,1H3,(H,15,17)(H,18,19)(H2,14,16,20). The molecule has 0 spiro atoms. The lowest BCUT2D eigenvalue weighted by atomic mass is 10.3. The van der Waals surface area contributed by atoms with Gasteiger partial charge in [-0.05, 0) is 18.2 Å².